The van der Waals surface area contributed by atoms with Gasteiger partial charge in [-0.15, -0.1) is 0 Å². The lowest BCUT2D eigenvalue weighted by Gasteiger charge is -2.18. The molecule has 0 radical (unpaired) electrons. The second-order valence-corrected chi connectivity index (χ2v) is 21.8. The van der Waals surface area contributed by atoms with Crippen LogP contribution in [-0.4, -0.2) is 9.13 Å². The maximum absolute atomic E-state index is 2.40. The van der Waals surface area contributed by atoms with Gasteiger partial charge < -0.3 is 9.13 Å². The Balaban J connectivity index is 0.000000139. The molecule has 2 aromatic heterocycles. The minimum Gasteiger partial charge on any atom is -0.309 e. The molecule has 0 aliphatic rings. The zero-order chi connectivity index (χ0) is 55.5. The molecule has 0 bridgehead atoms. The zero-order valence-corrected chi connectivity index (χ0v) is 46.1. The van der Waals surface area contributed by atoms with Crippen LogP contribution in [0.15, 0.2) is 328 Å². The third-order valence-corrected chi connectivity index (χ3v) is 17.2. The fourth-order valence-corrected chi connectivity index (χ4v) is 13.6. The van der Waals surface area contributed by atoms with E-state index in [0.29, 0.717) is 0 Å². The van der Waals surface area contributed by atoms with Gasteiger partial charge in [0.2, 0.25) is 0 Å². The minimum absolute atomic E-state index is 1.17. The summed E-state index contributed by atoms with van der Waals surface area (Å²) in [6.07, 6.45) is 0. The Morgan fingerprint density at radius 3 is 0.679 bits per heavy atom. The number of hydrogen-bond acceptors (Lipinski definition) is 0. The average molecular weight is 1070 g/mol. The molecule has 0 aliphatic heterocycles. The van der Waals surface area contributed by atoms with E-state index < -0.39 is 0 Å². The molecule has 2 heterocycles. The minimum atomic E-state index is 1.17. The first-order chi connectivity index (χ1) is 41.7. The Hall–Kier alpha value is -11.1. The summed E-state index contributed by atoms with van der Waals surface area (Å²) in [6, 6.07) is 119. The van der Waals surface area contributed by atoms with Gasteiger partial charge in [0, 0.05) is 32.9 Å². The van der Waals surface area contributed by atoms with Crippen molar-refractivity contribution in [2.75, 3.05) is 0 Å². The van der Waals surface area contributed by atoms with Crippen molar-refractivity contribution in [3.8, 4) is 67.0 Å². The number of para-hydroxylation sites is 4. The topological polar surface area (TPSA) is 9.86 Å². The first-order valence-electron chi connectivity index (χ1n) is 29.0. The fourth-order valence-electron chi connectivity index (χ4n) is 13.6. The third-order valence-electron chi connectivity index (χ3n) is 17.2. The van der Waals surface area contributed by atoms with Crippen LogP contribution in [0.4, 0.5) is 0 Å². The summed E-state index contributed by atoms with van der Waals surface area (Å²) >= 11 is 0. The summed E-state index contributed by atoms with van der Waals surface area (Å²) in [6.45, 7) is 0. The van der Waals surface area contributed by atoms with Crippen LogP contribution < -0.4 is 0 Å². The van der Waals surface area contributed by atoms with Crippen molar-refractivity contribution < 1.29 is 0 Å². The van der Waals surface area contributed by atoms with E-state index in [1.165, 1.54) is 154 Å². The number of benzene rings is 15. The van der Waals surface area contributed by atoms with Gasteiger partial charge in [0.05, 0.1) is 22.1 Å². The van der Waals surface area contributed by atoms with E-state index in [9.17, 15) is 0 Å². The van der Waals surface area contributed by atoms with Crippen molar-refractivity contribution in [1.82, 2.24) is 9.13 Å². The summed E-state index contributed by atoms with van der Waals surface area (Å²) in [4.78, 5) is 0. The number of fused-ring (bicyclic) bond motifs is 10. The normalized spacial score (nSPS) is 11.6. The fraction of sp³-hybridized carbons (Fsp3) is 0. The van der Waals surface area contributed by atoms with E-state index in [1.54, 1.807) is 0 Å². The zero-order valence-electron chi connectivity index (χ0n) is 46.1. The second kappa shape index (κ2) is 20.5. The lowest BCUT2D eigenvalue weighted by molar-refractivity contribution is 1.18. The predicted molar refractivity (Wildman–Crippen MR) is 359 cm³/mol. The summed E-state index contributed by atoms with van der Waals surface area (Å²) < 4.78 is 4.80. The summed E-state index contributed by atoms with van der Waals surface area (Å²) in [5.74, 6) is 0. The molecular weight excluding hydrogens is 1010 g/mol. The van der Waals surface area contributed by atoms with Gasteiger partial charge in [-0.25, -0.2) is 0 Å². The quantitative estimate of drug-likeness (QED) is 0.141. The van der Waals surface area contributed by atoms with Crippen molar-refractivity contribution in [1.29, 1.82) is 0 Å². The van der Waals surface area contributed by atoms with Gasteiger partial charge in [0.1, 0.15) is 0 Å². The standard InChI is InChI=1S/C44H29N.C38H25N/c1-2-13-30(14-3-1)31-25-27-32(28-26-31)43-37-19-4-6-21-39(37)44(40-22-7-5-20-38(40)43)33-15-12-16-34(29-33)45-41-23-10-8-17-35(41)36-18-9-11-24-42(36)45;1-2-13-26(14-3-1)37-31-19-4-6-21-33(31)38(34-22-7-5-20-32(34)37)27-15-12-16-28(25-27)39-35-23-10-8-17-29(35)30-18-9-11-24-36(30)39/h1-29H;1-25H. The van der Waals surface area contributed by atoms with Crippen LogP contribution in [0.2, 0.25) is 0 Å². The molecule has 0 spiro atoms. The maximum atomic E-state index is 2.40. The molecule has 0 aliphatic carbocycles. The van der Waals surface area contributed by atoms with E-state index in [0.717, 1.165) is 0 Å². The lowest BCUT2D eigenvalue weighted by Crippen LogP contribution is -1.95. The molecule has 0 saturated carbocycles. The number of nitrogens with zero attached hydrogens (tertiary/aromatic N) is 2. The molecule has 0 amide bonds. The number of rotatable bonds is 7. The molecule has 84 heavy (non-hydrogen) atoms. The van der Waals surface area contributed by atoms with Crippen molar-refractivity contribution in [3.63, 3.8) is 0 Å². The smallest absolute Gasteiger partial charge is 0.0541 e. The molecule has 392 valence electrons. The molecule has 0 fully saturated rings. The monoisotopic (exact) mass is 1070 g/mol. The highest BCUT2D eigenvalue weighted by atomic mass is 15.0. The van der Waals surface area contributed by atoms with E-state index >= 15 is 0 Å². The maximum Gasteiger partial charge on any atom is 0.0541 e. The van der Waals surface area contributed by atoms with Crippen LogP contribution in [0, 0.1) is 0 Å². The Labute approximate surface area is 487 Å². The molecule has 15 aromatic carbocycles. The van der Waals surface area contributed by atoms with Crippen LogP contribution in [0.5, 0.6) is 0 Å². The first-order valence-corrected chi connectivity index (χ1v) is 29.0. The predicted octanol–water partition coefficient (Wildman–Crippen LogP) is 22.5. The summed E-state index contributed by atoms with van der Waals surface area (Å²) in [5.41, 5.74) is 19.7. The van der Waals surface area contributed by atoms with Crippen LogP contribution in [0.25, 0.3) is 154 Å². The second-order valence-electron chi connectivity index (χ2n) is 21.8. The van der Waals surface area contributed by atoms with Crippen molar-refractivity contribution in [2.24, 2.45) is 0 Å². The van der Waals surface area contributed by atoms with Crippen LogP contribution in [0.3, 0.4) is 0 Å². The Bertz CT molecular complexity index is 5140. The van der Waals surface area contributed by atoms with Gasteiger partial charge in [-0.2, -0.15) is 0 Å². The van der Waals surface area contributed by atoms with Crippen molar-refractivity contribution >= 4 is 86.7 Å². The van der Waals surface area contributed by atoms with Gasteiger partial charge in [-0.05, 0) is 147 Å². The molecule has 2 nitrogen and oxygen atoms in total. The van der Waals surface area contributed by atoms with E-state index in [2.05, 4.69) is 337 Å². The third kappa shape index (κ3) is 8.10. The Morgan fingerprint density at radius 2 is 0.357 bits per heavy atom. The molecule has 17 rings (SSSR count). The Morgan fingerprint density at radius 1 is 0.143 bits per heavy atom. The average Bonchev–Trinajstić information content (AvgIpc) is 1.72. The van der Waals surface area contributed by atoms with Crippen molar-refractivity contribution in [2.45, 2.75) is 0 Å². The first kappa shape index (κ1) is 48.8. The van der Waals surface area contributed by atoms with Gasteiger partial charge in [0.25, 0.3) is 0 Å². The molecular formula is C82H54N2. The van der Waals surface area contributed by atoms with Crippen molar-refractivity contribution in [3.05, 3.63) is 328 Å². The largest absolute Gasteiger partial charge is 0.309 e. The van der Waals surface area contributed by atoms with Gasteiger partial charge in [-0.3, -0.25) is 0 Å². The molecule has 0 N–H and O–H groups in total. The molecule has 17 aromatic rings. The molecule has 0 saturated heterocycles. The number of aromatic nitrogens is 2. The van der Waals surface area contributed by atoms with Crippen LogP contribution in [-0.2, 0) is 0 Å². The SMILES string of the molecule is c1ccc(-c2c3ccccc3c(-c3cccc(-n4c5ccccc5c5ccccc54)c3)c3ccccc23)cc1.c1ccc(-c2ccc(-c3c4ccccc4c(-c4cccc(-n5c6ccccc6c6ccccc65)c4)c4ccccc34)cc2)cc1. The van der Waals surface area contributed by atoms with Gasteiger partial charge in [0.15, 0.2) is 0 Å². The van der Waals surface area contributed by atoms with E-state index in [4.69, 9.17) is 0 Å². The molecule has 2 heteroatoms. The lowest BCUT2D eigenvalue weighted by atomic mass is 9.85. The highest BCUT2D eigenvalue weighted by molar-refractivity contribution is 6.23. The van der Waals surface area contributed by atoms with E-state index in [-0.39, 0.29) is 0 Å². The van der Waals surface area contributed by atoms with Gasteiger partial charge in [-0.1, -0.05) is 279 Å². The van der Waals surface area contributed by atoms with Crippen LogP contribution >= 0.6 is 0 Å². The molecule has 0 atom stereocenters. The highest BCUT2D eigenvalue weighted by Crippen LogP contribution is 2.47. The summed E-state index contributed by atoms with van der Waals surface area (Å²) in [5, 5.41) is 15.3. The Kier molecular flexibility index (Phi) is 11.9. The van der Waals surface area contributed by atoms with Crippen LogP contribution in [0.1, 0.15) is 0 Å². The summed E-state index contributed by atoms with van der Waals surface area (Å²) in [7, 11) is 0. The van der Waals surface area contributed by atoms with E-state index in [1.807, 2.05) is 0 Å². The highest BCUT2D eigenvalue weighted by Gasteiger charge is 2.21. The molecule has 0 unspecified atom stereocenters. The number of hydrogen-bond donors (Lipinski definition) is 0. The van der Waals surface area contributed by atoms with Gasteiger partial charge >= 0.3 is 0 Å².